The zero-order chi connectivity index (χ0) is 11.8. The van der Waals surface area contributed by atoms with Crippen molar-refractivity contribution in [1.29, 1.82) is 0 Å². The van der Waals surface area contributed by atoms with Crippen LogP contribution in [0, 0.1) is 0 Å². The van der Waals surface area contributed by atoms with E-state index < -0.39 is 11.7 Å². The first-order valence-corrected chi connectivity index (χ1v) is 4.73. The summed E-state index contributed by atoms with van der Waals surface area (Å²) in [6.45, 7) is 2.20. The maximum Gasteiger partial charge on any atom is 0.416 e. The maximum absolute atomic E-state index is 12.3. The lowest BCUT2D eigenvalue weighted by molar-refractivity contribution is -0.137. The smallest absolute Gasteiger partial charge is 0.264 e. The zero-order valence-electron chi connectivity index (χ0n) is 8.54. The fourth-order valence-electron chi connectivity index (χ4n) is 1.46. The molecule has 0 aliphatic carbocycles. The highest BCUT2D eigenvalue weighted by Gasteiger charge is 2.30. The summed E-state index contributed by atoms with van der Waals surface area (Å²) in [7, 11) is 0. The van der Waals surface area contributed by atoms with Gasteiger partial charge < -0.3 is 0 Å². The Bertz CT molecular complexity index is 455. The highest BCUT2D eigenvalue weighted by molar-refractivity contribution is 6.12. The van der Waals surface area contributed by atoms with Crippen molar-refractivity contribution in [3.63, 3.8) is 0 Å². The van der Waals surface area contributed by atoms with Gasteiger partial charge in [0.05, 0.1) is 17.8 Å². The average molecular weight is 226 g/mol. The molecule has 0 fully saturated rings. The Hall–Kier alpha value is -1.65. The van der Waals surface area contributed by atoms with Gasteiger partial charge in [0.25, 0.3) is 0 Å². The number of amidine groups is 1. The zero-order valence-corrected chi connectivity index (χ0v) is 8.54. The number of benzene rings is 1. The van der Waals surface area contributed by atoms with E-state index in [1.54, 1.807) is 6.92 Å². The molecule has 1 aliphatic heterocycles. The summed E-state index contributed by atoms with van der Waals surface area (Å²) >= 11 is 0. The Kier molecular flexibility index (Phi) is 2.53. The van der Waals surface area contributed by atoms with Gasteiger partial charge in [-0.25, -0.2) is 4.99 Å². The number of alkyl halides is 3. The van der Waals surface area contributed by atoms with Crippen molar-refractivity contribution < 1.29 is 13.2 Å². The standard InChI is InChI=1S/C11H9F3N2/c1-7-15-6-10(16-7)8-2-4-9(5-3-8)11(12,13)14/h2-5H,6H2,1H3. The Labute approximate surface area is 90.5 Å². The van der Waals surface area contributed by atoms with Crippen molar-refractivity contribution in [2.45, 2.75) is 13.1 Å². The molecule has 0 unspecified atom stereocenters. The minimum atomic E-state index is -4.29. The van der Waals surface area contributed by atoms with Gasteiger partial charge in [-0.3, -0.25) is 4.99 Å². The van der Waals surface area contributed by atoms with E-state index in [0.717, 1.165) is 12.1 Å². The molecular formula is C11H9F3N2. The lowest BCUT2D eigenvalue weighted by Gasteiger charge is -2.07. The Morgan fingerprint density at radius 1 is 1.12 bits per heavy atom. The molecule has 84 valence electrons. The van der Waals surface area contributed by atoms with Crippen molar-refractivity contribution in [2.75, 3.05) is 6.54 Å². The summed E-state index contributed by atoms with van der Waals surface area (Å²) in [4.78, 5) is 8.19. The van der Waals surface area contributed by atoms with Crippen LogP contribution in [0.3, 0.4) is 0 Å². The van der Waals surface area contributed by atoms with Crippen LogP contribution < -0.4 is 0 Å². The SMILES string of the molecule is CC1=NCC(c2ccc(C(F)(F)F)cc2)=N1. The quantitative estimate of drug-likeness (QED) is 0.703. The predicted octanol–water partition coefficient (Wildman–Crippen LogP) is 2.93. The predicted molar refractivity (Wildman–Crippen MR) is 56.0 cm³/mol. The number of hydrogen-bond acceptors (Lipinski definition) is 2. The van der Waals surface area contributed by atoms with E-state index >= 15 is 0 Å². The molecule has 0 amide bonds. The molecule has 0 aromatic heterocycles. The van der Waals surface area contributed by atoms with E-state index in [0.29, 0.717) is 23.7 Å². The van der Waals surface area contributed by atoms with E-state index in [9.17, 15) is 13.2 Å². The van der Waals surface area contributed by atoms with Gasteiger partial charge in [-0.05, 0) is 24.6 Å². The third-order valence-electron chi connectivity index (χ3n) is 2.30. The number of aliphatic imine (C=N–C) groups is 2. The molecule has 0 saturated heterocycles. The van der Waals surface area contributed by atoms with Crippen LogP contribution in [0.4, 0.5) is 13.2 Å². The molecule has 1 aromatic carbocycles. The number of halogens is 3. The van der Waals surface area contributed by atoms with Crippen LogP contribution in [0.5, 0.6) is 0 Å². The lowest BCUT2D eigenvalue weighted by Crippen LogP contribution is -2.06. The molecule has 0 spiro atoms. The third-order valence-corrected chi connectivity index (χ3v) is 2.30. The molecule has 16 heavy (non-hydrogen) atoms. The van der Waals surface area contributed by atoms with Crippen LogP contribution >= 0.6 is 0 Å². The van der Waals surface area contributed by atoms with Gasteiger partial charge in [0.1, 0.15) is 5.84 Å². The second kappa shape index (κ2) is 3.73. The summed E-state index contributed by atoms with van der Waals surface area (Å²) in [5.41, 5.74) is 0.757. The fraction of sp³-hybridized carbons (Fsp3) is 0.273. The van der Waals surface area contributed by atoms with Gasteiger partial charge >= 0.3 is 6.18 Å². The summed E-state index contributed by atoms with van der Waals surface area (Å²) in [6, 6.07) is 4.97. The van der Waals surface area contributed by atoms with E-state index in [4.69, 9.17) is 0 Å². The van der Waals surface area contributed by atoms with Gasteiger partial charge in [0.2, 0.25) is 0 Å². The van der Waals surface area contributed by atoms with Crippen LogP contribution in [-0.2, 0) is 6.18 Å². The van der Waals surface area contributed by atoms with Gasteiger partial charge in [0, 0.05) is 0 Å². The minimum Gasteiger partial charge on any atom is -0.264 e. The topological polar surface area (TPSA) is 24.7 Å². The first kappa shape index (κ1) is 10.9. The Morgan fingerprint density at radius 2 is 1.75 bits per heavy atom. The summed E-state index contributed by atoms with van der Waals surface area (Å²) in [5, 5.41) is 0. The van der Waals surface area contributed by atoms with Crippen LogP contribution in [-0.4, -0.2) is 18.1 Å². The second-order valence-corrected chi connectivity index (χ2v) is 3.50. The molecule has 0 radical (unpaired) electrons. The van der Waals surface area contributed by atoms with Crippen molar-refractivity contribution >= 4 is 11.5 Å². The molecule has 0 N–H and O–H groups in total. The second-order valence-electron chi connectivity index (χ2n) is 3.50. The minimum absolute atomic E-state index is 0.442. The van der Waals surface area contributed by atoms with Crippen LogP contribution in [0.2, 0.25) is 0 Å². The number of nitrogens with zero attached hydrogens (tertiary/aromatic N) is 2. The monoisotopic (exact) mass is 226 g/mol. The van der Waals surface area contributed by atoms with Crippen molar-refractivity contribution in [3.8, 4) is 0 Å². The third kappa shape index (κ3) is 2.13. The van der Waals surface area contributed by atoms with Crippen LogP contribution in [0.25, 0.3) is 0 Å². The largest absolute Gasteiger partial charge is 0.416 e. The molecular weight excluding hydrogens is 217 g/mol. The molecule has 1 aromatic rings. The summed E-state index contributed by atoms with van der Waals surface area (Å²) < 4.78 is 36.9. The van der Waals surface area contributed by atoms with Gasteiger partial charge in [0.15, 0.2) is 0 Å². The fourth-order valence-corrected chi connectivity index (χ4v) is 1.46. The highest BCUT2D eigenvalue weighted by atomic mass is 19.4. The number of hydrogen-bond donors (Lipinski definition) is 0. The Balaban J connectivity index is 2.24. The van der Waals surface area contributed by atoms with Crippen molar-refractivity contribution in [1.82, 2.24) is 0 Å². The summed E-state index contributed by atoms with van der Waals surface area (Å²) in [5.74, 6) is 0.662. The van der Waals surface area contributed by atoms with Crippen molar-refractivity contribution in [3.05, 3.63) is 35.4 Å². The normalized spacial score (nSPS) is 16.0. The van der Waals surface area contributed by atoms with E-state index in [1.807, 2.05) is 0 Å². The molecule has 0 atom stereocenters. The van der Waals surface area contributed by atoms with E-state index in [-0.39, 0.29) is 0 Å². The molecule has 2 rings (SSSR count). The first-order valence-electron chi connectivity index (χ1n) is 4.73. The molecule has 0 bridgehead atoms. The first-order chi connectivity index (χ1) is 7.47. The molecule has 2 nitrogen and oxygen atoms in total. The molecule has 5 heteroatoms. The van der Waals surface area contributed by atoms with Crippen molar-refractivity contribution in [2.24, 2.45) is 9.98 Å². The maximum atomic E-state index is 12.3. The van der Waals surface area contributed by atoms with Gasteiger partial charge in [-0.2, -0.15) is 13.2 Å². The van der Waals surface area contributed by atoms with E-state index in [1.165, 1.54) is 12.1 Å². The summed E-state index contributed by atoms with van der Waals surface area (Å²) in [6.07, 6.45) is -4.29. The molecule has 0 saturated carbocycles. The lowest BCUT2D eigenvalue weighted by atomic mass is 10.1. The average Bonchev–Trinajstić information content (AvgIpc) is 2.64. The van der Waals surface area contributed by atoms with Crippen LogP contribution in [0.1, 0.15) is 18.1 Å². The highest BCUT2D eigenvalue weighted by Crippen LogP contribution is 2.29. The van der Waals surface area contributed by atoms with Gasteiger partial charge in [-0.15, -0.1) is 0 Å². The van der Waals surface area contributed by atoms with Gasteiger partial charge in [-0.1, -0.05) is 12.1 Å². The molecule has 1 heterocycles. The van der Waals surface area contributed by atoms with E-state index in [2.05, 4.69) is 9.98 Å². The number of rotatable bonds is 1. The Morgan fingerprint density at radius 3 is 2.19 bits per heavy atom. The van der Waals surface area contributed by atoms with Crippen LogP contribution in [0.15, 0.2) is 34.3 Å². The molecule has 1 aliphatic rings.